The fourth-order valence-corrected chi connectivity index (χ4v) is 2.32. The average Bonchev–Trinajstić information content (AvgIpc) is 2.65. The van der Waals surface area contributed by atoms with Crippen LogP contribution >= 0.6 is 12.4 Å². The van der Waals surface area contributed by atoms with Gasteiger partial charge in [-0.1, -0.05) is 30.3 Å². The fourth-order valence-electron chi connectivity index (χ4n) is 2.32. The van der Waals surface area contributed by atoms with E-state index in [2.05, 4.69) is 10.6 Å². The molecule has 1 aliphatic rings. The predicted molar refractivity (Wildman–Crippen MR) is 84.2 cm³/mol. The zero-order chi connectivity index (χ0) is 14.4. The third-order valence-electron chi connectivity index (χ3n) is 3.49. The van der Waals surface area contributed by atoms with E-state index in [1.165, 1.54) is 0 Å². The summed E-state index contributed by atoms with van der Waals surface area (Å²) in [5.41, 5.74) is 6.92. The number of nitrogens with one attached hydrogen (secondary N) is 2. The molecule has 21 heavy (non-hydrogen) atoms. The Morgan fingerprint density at radius 1 is 1.33 bits per heavy atom. The summed E-state index contributed by atoms with van der Waals surface area (Å²) in [6.45, 7) is 0.682. The van der Waals surface area contributed by atoms with Crippen LogP contribution in [-0.2, 0) is 16.0 Å². The Balaban J connectivity index is 0.00000220. The van der Waals surface area contributed by atoms with Gasteiger partial charge in [0.2, 0.25) is 11.8 Å². The van der Waals surface area contributed by atoms with Crippen molar-refractivity contribution in [3.63, 3.8) is 0 Å². The van der Waals surface area contributed by atoms with Gasteiger partial charge in [0.25, 0.3) is 0 Å². The zero-order valence-corrected chi connectivity index (χ0v) is 12.7. The molecule has 0 saturated carbocycles. The molecule has 2 amide bonds. The van der Waals surface area contributed by atoms with Gasteiger partial charge in [-0.05, 0) is 31.2 Å². The Kier molecular flexibility index (Phi) is 7.19. The molecule has 1 saturated heterocycles. The second-order valence-corrected chi connectivity index (χ2v) is 5.14. The first-order valence-corrected chi connectivity index (χ1v) is 7.04. The first kappa shape index (κ1) is 17.5. The molecule has 0 spiro atoms. The van der Waals surface area contributed by atoms with E-state index in [1.54, 1.807) is 0 Å². The van der Waals surface area contributed by atoms with E-state index >= 15 is 0 Å². The molecule has 0 aliphatic carbocycles. The lowest BCUT2D eigenvalue weighted by Gasteiger charge is -2.18. The van der Waals surface area contributed by atoms with Crippen LogP contribution in [0.2, 0.25) is 0 Å². The third-order valence-corrected chi connectivity index (χ3v) is 3.49. The summed E-state index contributed by atoms with van der Waals surface area (Å²) in [5.74, 6) is -0.376. The second kappa shape index (κ2) is 8.64. The summed E-state index contributed by atoms with van der Waals surface area (Å²) in [4.78, 5) is 23.8. The van der Waals surface area contributed by atoms with E-state index in [0.717, 1.165) is 18.4 Å². The van der Waals surface area contributed by atoms with Crippen LogP contribution in [0.25, 0.3) is 0 Å². The number of rotatable bonds is 4. The van der Waals surface area contributed by atoms with Crippen LogP contribution in [-0.4, -0.2) is 30.4 Å². The fraction of sp³-hybridized carbons (Fsp3) is 0.467. The summed E-state index contributed by atoms with van der Waals surface area (Å²) < 4.78 is 0. The molecule has 0 radical (unpaired) electrons. The minimum atomic E-state index is -0.631. The maximum Gasteiger partial charge on any atom is 0.242 e. The molecule has 2 rings (SSSR count). The molecule has 1 aromatic rings. The molecule has 1 aromatic carbocycles. The Hall–Kier alpha value is -1.59. The molecule has 4 N–H and O–H groups in total. The lowest BCUT2D eigenvalue weighted by Crippen LogP contribution is -2.51. The Bertz CT molecular complexity index is 467. The minimum Gasteiger partial charge on any atom is -0.354 e. The average molecular weight is 312 g/mol. The molecule has 2 atom stereocenters. The summed E-state index contributed by atoms with van der Waals surface area (Å²) >= 11 is 0. The number of hydrogen-bond donors (Lipinski definition) is 3. The molecule has 1 aliphatic heterocycles. The lowest BCUT2D eigenvalue weighted by molar-refractivity contribution is -0.129. The van der Waals surface area contributed by atoms with E-state index in [1.807, 2.05) is 30.3 Å². The lowest BCUT2D eigenvalue weighted by atomic mass is 10.0. The molecule has 5 nitrogen and oxygen atoms in total. The number of amides is 2. The van der Waals surface area contributed by atoms with Crippen molar-refractivity contribution in [2.45, 2.75) is 37.8 Å². The van der Waals surface area contributed by atoms with Gasteiger partial charge in [-0.3, -0.25) is 9.59 Å². The summed E-state index contributed by atoms with van der Waals surface area (Å²) in [7, 11) is 0. The van der Waals surface area contributed by atoms with Crippen molar-refractivity contribution in [3.8, 4) is 0 Å². The number of carbonyl (C=O) groups excluding carboxylic acids is 2. The maximum absolute atomic E-state index is 12.1. The van der Waals surface area contributed by atoms with Gasteiger partial charge in [0.15, 0.2) is 0 Å². The van der Waals surface area contributed by atoms with Gasteiger partial charge in [0.05, 0.1) is 6.04 Å². The Morgan fingerprint density at radius 3 is 2.76 bits per heavy atom. The quantitative estimate of drug-likeness (QED) is 0.767. The molecule has 1 fully saturated rings. The van der Waals surface area contributed by atoms with Crippen LogP contribution in [0.4, 0.5) is 0 Å². The second-order valence-electron chi connectivity index (χ2n) is 5.14. The van der Waals surface area contributed by atoms with E-state index in [0.29, 0.717) is 19.4 Å². The summed E-state index contributed by atoms with van der Waals surface area (Å²) in [6, 6.07) is 8.54. The van der Waals surface area contributed by atoms with Crippen molar-refractivity contribution in [1.82, 2.24) is 10.6 Å². The summed E-state index contributed by atoms with van der Waals surface area (Å²) in [6.07, 6.45) is 3.03. The van der Waals surface area contributed by atoms with Gasteiger partial charge in [-0.15, -0.1) is 12.4 Å². The normalized spacial score (nSPS) is 19.7. The molecule has 0 bridgehead atoms. The maximum atomic E-state index is 12.1. The highest BCUT2D eigenvalue weighted by molar-refractivity contribution is 5.89. The van der Waals surface area contributed by atoms with Gasteiger partial charge in [0, 0.05) is 6.54 Å². The SMILES string of the molecule is Cl.N[C@@H](Cc1ccccc1)C(=O)NC1CCCCNC1=O. The van der Waals surface area contributed by atoms with E-state index in [-0.39, 0.29) is 24.2 Å². The highest BCUT2D eigenvalue weighted by Crippen LogP contribution is 2.07. The Morgan fingerprint density at radius 2 is 2.05 bits per heavy atom. The first-order chi connectivity index (χ1) is 9.66. The van der Waals surface area contributed by atoms with Crippen molar-refractivity contribution >= 4 is 24.2 Å². The van der Waals surface area contributed by atoms with Crippen molar-refractivity contribution < 1.29 is 9.59 Å². The molecular formula is C15H22ClN3O2. The van der Waals surface area contributed by atoms with Crippen LogP contribution in [0.5, 0.6) is 0 Å². The van der Waals surface area contributed by atoms with Gasteiger partial charge in [0.1, 0.15) is 6.04 Å². The molecule has 1 unspecified atom stereocenters. The Labute approximate surface area is 131 Å². The van der Waals surface area contributed by atoms with E-state index in [9.17, 15) is 9.59 Å². The topological polar surface area (TPSA) is 84.2 Å². The largest absolute Gasteiger partial charge is 0.354 e. The van der Waals surface area contributed by atoms with Gasteiger partial charge < -0.3 is 16.4 Å². The minimum absolute atomic E-state index is 0. The predicted octanol–water partition coefficient (Wildman–Crippen LogP) is 0.763. The third kappa shape index (κ3) is 5.36. The van der Waals surface area contributed by atoms with Crippen LogP contribution in [0.3, 0.4) is 0 Å². The molecule has 1 heterocycles. The monoisotopic (exact) mass is 311 g/mol. The van der Waals surface area contributed by atoms with Crippen LogP contribution in [0.1, 0.15) is 24.8 Å². The number of benzene rings is 1. The van der Waals surface area contributed by atoms with Crippen molar-refractivity contribution in [3.05, 3.63) is 35.9 Å². The van der Waals surface area contributed by atoms with Crippen molar-refractivity contribution in [2.75, 3.05) is 6.54 Å². The molecule has 6 heteroatoms. The van der Waals surface area contributed by atoms with E-state index in [4.69, 9.17) is 5.73 Å². The van der Waals surface area contributed by atoms with Gasteiger partial charge in [-0.25, -0.2) is 0 Å². The van der Waals surface area contributed by atoms with Gasteiger partial charge in [-0.2, -0.15) is 0 Å². The van der Waals surface area contributed by atoms with E-state index < -0.39 is 12.1 Å². The number of nitrogens with two attached hydrogens (primary N) is 1. The number of halogens is 1. The van der Waals surface area contributed by atoms with Crippen LogP contribution < -0.4 is 16.4 Å². The van der Waals surface area contributed by atoms with Crippen molar-refractivity contribution in [2.24, 2.45) is 5.73 Å². The standard InChI is InChI=1S/C15H21N3O2.ClH/c16-12(10-11-6-2-1-3-7-11)14(19)18-13-8-4-5-9-17-15(13)20;/h1-3,6-7,12-13H,4-5,8-10,16H2,(H,17,20)(H,18,19);1H/t12-,13?;/m0./s1. The van der Waals surface area contributed by atoms with Crippen LogP contribution in [0.15, 0.2) is 30.3 Å². The zero-order valence-electron chi connectivity index (χ0n) is 11.9. The smallest absolute Gasteiger partial charge is 0.242 e. The highest BCUT2D eigenvalue weighted by Gasteiger charge is 2.24. The molecule has 0 aromatic heterocycles. The van der Waals surface area contributed by atoms with Crippen molar-refractivity contribution in [1.29, 1.82) is 0 Å². The van der Waals surface area contributed by atoms with Crippen LogP contribution in [0, 0.1) is 0 Å². The highest BCUT2D eigenvalue weighted by atomic mass is 35.5. The van der Waals surface area contributed by atoms with Gasteiger partial charge >= 0.3 is 0 Å². The first-order valence-electron chi connectivity index (χ1n) is 7.04. The number of carbonyl (C=O) groups is 2. The summed E-state index contributed by atoms with van der Waals surface area (Å²) in [5, 5.41) is 5.55. The number of hydrogen-bond acceptors (Lipinski definition) is 3. The molecular weight excluding hydrogens is 290 g/mol. The molecule has 116 valence electrons.